The maximum atomic E-state index is 11.0. The van der Waals surface area contributed by atoms with Gasteiger partial charge in [0.25, 0.3) is 0 Å². The normalized spacial score (nSPS) is 34.6. The number of aliphatic hydroxyl groups excluding tert-OH is 1. The average molecular weight is 418 g/mol. The monoisotopic (exact) mass is 417 g/mol. The molecule has 3 fully saturated rings. The molecule has 164 valence electrons. The minimum atomic E-state index is -0.198. The number of hydrogen-bond acceptors (Lipinski definition) is 3. The van der Waals surface area contributed by atoms with Crippen molar-refractivity contribution in [3.8, 4) is 5.75 Å². The summed E-state index contributed by atoms with van der Waals surface area (Å²) in [5, 5.41) is 11.0. The number of likely N-dealkylation sites (tertiary alicyclic amines) is 1. The van der Waals surface area contributed by atoms with E-state index < -0.39 is 0 Å². The number of aliphatic hydroxyl groups is 1. The summed E-state index contributed by atoms with van der Waals surface area (Å²) in [6.45, 7) is 2.44. The van der Waals surface area contributed by atoms with Crippen LogP contribution < -0.4 is 4.74 Å². The molecule has 3 nitrogen and oxygen atoms in total. The number of fused-ring (bicyclic) bond motifs is 1. The summed E-state index contributed by atoms with van der Waals surface area (Å²) in [7, 11) is 1.77. The molecular formula is C28H35NO2. The van der Waals surface area contributed by atoms with E-state index in [0.29, 0.717) is 6.04 Å². The molecule has 1 aliphatic heterocycles. The third-order valence-corrected chi connectivity index (χ3v) is 9.16. The fraction of sp³-hybridized carbons (Fsp3) is 0.571. The molecule has 2 aromatic carbocycles. The molecule has 1 saturated heterocycles. The first-order valence-electron chi connectivity index (χ1n) is 12.3. The number of nitrogens with zero attached hydrogens (tertiary/aromatic N) is 1. The zero-order valence-electron chi connectivity index (χ0n) is 18.7. The van der Waals surface area contributed by atoms with Crippen LogP contribution in [0, 0.1) is 11.3 Å². The lowest BCUT2D eigenvalue weighted by Crippen LogP contribution is -2.70. The Morgan fingerprint density at radius 3 is 2.68 bits per heavy atom. The van der Waals surface area contributed by atoms with Crippen molar-refractivity contribution < 1.29 is 9.84 Å². The van der Waals surface area contributed by atoms with Crippen LogP contribution in [0.3, 0.4) is 0 Å². The predicted molar refractivity (Wildman–Crippen MR) is 124 cm³/mol. The smallest absolute Gasteiger partial charge is 0.119 e. The number of piperidine rings is 1. The van der Waals surface area contributed by atoms with Gasteiger partial charge in [-0.25, -0.2) is 0 Å². The minimum absolute atomic E-state index is 0.0351. The largest absolute Gasteiger partial charge is 0.497 e. The Labute approximate surface area is 186 Å². The number of hydrogen-bond donors (Lipinski definition) is 1. The summed E-state index contributed by atoms with van der Waals surface area (Å²) >= 11 is 0. The molecule has 0 aromatic heterocycles. The summed E-state index contributed by atoms with van der Waals surface area (Å²) in [6, 6.07) is 18.5. The molecule has 2 aromatic rings. The molecule has 3 heteroatoms. The molecule has 1 N–H and O–H groups in total. The molecule has 1 heterocycles. The van der Waals surface area contributed by atoms with Crippen molar-refractivity contribution in [2.45, 2.75) is 68.9 Å². The summed E-state index contributed by atoms with van der Waals surface area (Å²) < 4.78 is 5.68. The van der Waals surface area contributed by atoms with Crippen LogP contribution in [0.1, 0.15) is 55.2 Å². The maximum Gasteiger partial charge on any atom is 0.119 e. The highest BCUT2D eigenvalue weighted by atomic mass is 16.5. The quantitative estimate of drug-likeness (QED) is 0.762. The second-order valence-corrected chi connectivity index (χ2v) is 10.7. The summed E-state index contributed by atoms with van der Waals surface area (Å²) in [5.74, 6) is 1.87. The Morgan fingerprint density at radius 1 is 1.06 bits per heavy atom. The fourth-order valence-electron chi connectivity index (χ4n) is 7.59. The van der Waals surface area contributed by atoms with Crippen LogP contribution in [-0.4, -0.2) is 42.4 Å². The van der Waals surface area contributed by atoms with E-state index in [1.807, 2.05) is 0 Å². The zero-order valence-corrected chi connectivity index (χ0v) is 18.7. The molecule has 4 aliphatic rings. The highest BCUT2D eigenvalue weighted by molar-refractivity contribution is 5.48. The lowest BCUT2D eigenvalue weighted by atomic mass is 9.42. The van der Waals surface area contributed by atoms with E-state index in [0.717, 1.165) is 50.2 Å². The van der Waals surface area contributed by atoms with Gasteiger partial charge in [-0.1, -0.05) is 36.4 Å². The first-order chi connectivity index (χ1) is 15.1. The second kappa shape index (κ2) is 7.35. The van der Waals surface area contributed by atoms with Gasteiger partial charge in [-0.3, -0.25) is 4.90 Å². The summed E-state index contributed by atoms with van der Waals surface area (Å²) in [5.41, 5.74) is 4.63. The number of benzene rings is 2. The van der Waals surface area contributed by atoms with Crippen LogP contribution >= 0.6 is 0 Å². The molecule has 2 saturated carbocycles. The Balaban J connectivity index is 1.53. The van der Waals surface area contributed by atoms with E-state index in [1.54, 1.807) is 7.11 Å². The van der Waals surface area contributed by atoms with E-state index in [9.17, 15) is 5.11 Å². The molecule has 6 rings (SSSR count). The van der Waals surface area contributed by atoms with E-state index in [2.05, 4.69) is 53.4 Å². The third-order valence-electron chi connectivity index (χ3n) is 9.16. The van der Waals surface area contributed by atoms with E-state index >= 15 is 0 Å². The third kappa shape index (κ3) is 3.08. The van der Waals surface area contributed by atoms with Crippen LogP contribution in [0.5, 0.6) is 5.75 Å². The summed E-state index contributed by atoms with van der Waals surface area (Å²) in [6.07, 6.45) is 8.97. The van der Waals surface area contributed by atoms with Crippen molar-refractivity contribution in [2.75, 3.05) is 20.2 Å². The lowest BCUT2D eigenvalue weighted by Gasteiger charge is -2.67. The minimum Gasteiger partial charge on any atom is -0.497 e. The number of rotatable bonds is 5. The molecule has 1 unspecified atom stereocenters. The summed E-state index contributed by atoms with van der Waals surface area (Å²) in [4.78, 5) is 2.86. The molecule has 2 bridgehead atoms. The Morgan fingerprint density at radius 2 is 1.90 bits per heavy atom. The average Bonchev–Trinajstić information content (AvgIpc) is 3.61. The van der Waals surface area contributed by atoms with Crippen molar-refractivity contribution in [1.29, 1.82) is 0 Å². The molecule has 0 radical (unpaired) electrons. The molecule has 31 heavy (non-hydrogen) atoms. The topological polar surface area (TPSA) is 32.7 Å². The predicted octanol–water partition coefficient (Wildman–Crippen LogP) is 4.75. The van der Waals surface area contributed by atoms with Crippen molar-refractivity contribution in [2.24, 2.45) is 11.3 Å². The van der Waals surface area contributed by atoms with E-state index in [4.69, 9.17) is 4.74 Å². The number of methoxy groups -OCH3 is 1. The van der Waals surface area contributed by atoms with E-state index in [-0.39, 0.29) is 16.9 Å². The van der Waals surface area contributed by atoms with Gasteiger partial charge >= 0.3 is 0 Å². The van der Waals surface area contributed by atoms with Crippen LogP contribution in [0.25, 0.3) is 0 Å². The molecule has 3 aliphatic carbocycles. The zero-order chi connectivity index (χ0) is 21.1. The SMILES string of the molecule is COc1ccc2c(c1)[C@]13CCN(CC4CC4)[C@H](C2)[C@]1(Cc1ccccc1)CCC(O)C3. The highest BCUT2D eigenvalue weighted by Crippen LogP contribution is 2.64. The van der Waals surface area contributed by atoms with Gasteiger partial charge in [0.1, 0.15) is 5.75 Å². The Hall–Kier alpha value is -1.84. The molecule has 4 atom stereocenters. The van der Waals surface area contributed by atoms with Gasteiger partial charge < -0.3 is 9.84 Å². The van der Waals surface area contributed by atoms with Crippen LogP contribution in [-0.2, 0) is 18.3 Å². The van der Waals surface area contributed by atoms with Crippen molar-refractivity contribution >= 4 is 0 Å². The van der Waals surface area contributed by atoms with Crippen LogP contribution in [0.4, 0.5) is 0 Å². The van der Waals surface area contributed by atoms with Crippen LogP contribution in [0.2, 0.25) is 0 Å². The van der Waals surface area contributed by atoms with Crippen molar-refractivity contribution in [3.05, 3.63) is 65.2 Å². The van der Waals surface area contributed by atoms with Gasteiger partial charge in [0.05, 0.1) is 13.2 Å². The molecule has 0 spiro atoms. The van der Waals surface area contributed by atoms with Gasteiger partial charge in [0, 0.05) is 23.4 Å². The number of ether oxygens (including phenoxy) is 1. The molecular weight excluding hydrogens is 382 g/mol. The molecule has 0 amide bonds. The van der Waals surface area contributed by atoms with Crippen molar-refractivity contribution in [3.63, 3.8) is 0 Å². The van der Waals surface area contributed by atoms with Crippen LogP contribution in [0.15, 0.2) is 48.5 Å². The second-order valence-electron chi connectivity index (χ2n) is 10.7. The van der Waals surface area contributed by atoms with Gasteiger partial charge in [0.15, 0.2) is 0 Å². The standard InChI is InChI=1S/C28H35NO2/c1-31-24-10-9-22-15-26-28(17-20-5-3-2-4-6-20)12-11-23(30)18-27(28,25(22)16-24)13-14-29(26)19-21-7-8-21/h2-6,9-10,16,21,23,26,30H,7-8,11-15,17-19H2,1H3/t23?,26-,27-,28-/m1/s1. The van der Waals surface area contributed by atoms with E-state index in [1.165, 1.54) is 42.6 Å². The Bertz CT molecular complexity index is 955. The van der Waals surface area contributed by atoms with Gasteiger partial charge in [-0.05, 0) is 92.7 Å². The fourth-order valence-corrected chi connectivity index (χ4v) is 7.59. The Kier molecular flexibility index (Phi) is 4.70. The van der Waals surface area contributed by atoms with Gasteiger partial charge in [0.2, 0.25) is 0 Å². The van der Waals surface area contributed by atoms with Gasteiger partial charge in [-0.15, -0.1) is 0 Å². The maximum absolute atomic E-state index is 11.0. The first-order valence-corrected chi connectivity index (χ1v) is 12.3. The van der Waals surface area contributed by atoms with Crippen molar-refractivity contribution in [1.82, 2.24) is 4.90 Å². The lowest BCUT2D eigenvalue weighted by molar-refractivity contribution is -0.122. The highest BCUT2D eigenvalue weighted by Gasteiger charge is 2.64. The van der Waals surface area contributed by atoms with Gasteiger partial charge in [-0.2, -0.15) is 0 Å². The first kappa shape index (κ1) is 19.8.